The van der Waals surface area contributed by atoms with Gasteiger partial charge in [-0.05, 0) is 101 Å². The van der Waals surface area contributed by atoms with E-state index in [0.29, 0.717) is 6.42 Å². The van der Waals surface area contributed by atoms with Crippen molar-refractivity contribution in [3.8, 4) is 0 Å². The number of hydrogen-bond donors (Lipinski definition) is 2. The summed E-state index contributed by atoms with van der Waals surface area (Å²) in [6, 6.07) is 16.6. The SMILES string of the molecule is C.C=C.C=CC=C(C)C.CC.CC.CC.CC.CC(C)CNCC(C)C.CC1CC2C=CC12.CCC.CNc1ccc(C)cc1.Cc1cccc(CCC=O)c1. The van der Waals surface area contributed by atoms with Crippen LogP contribution in [0.15, 0.2) is 98.1 Å². The molecule has 0 radical (unpaired) electrons. The lowest BCUT2D eigenvalue weighted by Gasteiger charge is -2.45. The number of fused-ring (bicyclic) bond motifs is 1. The van der Waals surface area contributed by atoms with Crippen LogP contribution in [0.25, 0.3) is 0 Å². The first-order valence-electron chi connectivity index (χ1n) is 21.7. The van der Waals surface area contributed by atoms with Crippen LogP contribution < -0.4 is 10.6 Å². The molecule has 1 fully saturated rings. The Morgan fingerprint density at radius 3 is 1.50 bits per heavy atom. The second kappa shape index (κ2) is 58.5. The molecule has 3 unspecified atom stereocenters. The number of nitrogens with one attached hydrogen (secondary N) is 2. The highest BCUT2D eigenvalue weighted by Crippen LogP contribution is 2.47. The third kappa shape index (κ3) is 52.9. The van der Waals surface area contributed by atoms with Gasteiger partial charge in [0.05, 0.1) is 0 Å². The third-order valence-electron chi connectivity index (χ3n) is 6.91. The number of aldehydes is 1. The average Bonchev–Trinajstić information content (AvgIpc) is 3.18. The van der Waals surface area contributed by atoms with E-state index >= 15 is 0 Å². The predicted octanol–water partition coefficient (Wildman–Crippen LogP) is 17.0. The highest BCUT2D eigenvalue weighted by atomic mass is 16.1. The van der Waals surface area contributed by atoms with E-state index in [0.717, 1.165) is 55.4 Å². The largest absolute Gasteiger partial charge is 0.388 e. The lowest BCUT2D eigenvalue weighted by molar-refractivity contribution is -0.107. The molecule has 2 aliphatic rings. The summed E-state index contributed by atoms with van der Waals surface area (Å²) in [5, 5.41) is 6.44. The van der Waals surface area contributed by atoms with Gasteiger partial charge in [0.25, 0.3) is 0 Å². The van der Waals surface area contributed by atoms with E-state index in [1.165, 1.54) is 40.8 Å². The minimum atomic E-state index is 0. The molecule has 2 aromatic rings. The van der Waals surface area contributed by atoms with E-state index < -0.39 is 0 Å². The van der Waals surface area contributed by atoms with Crippen LogP contribution in [0.2, 0.25) is 0 Å². The Hall–Kier alpha value is -3.17. The second-order valence-electron chi connectivity index (χ2n) is 13.3. The summed E-state index contributed by atoms with van der Waals surface area (Å²) in [7, 11) is 1.92. The number of carbonyl (C=O) groups excluding carboxylic acids is 1. The van der Waals surface area contributed by atoms with Crippen LogP contribution in [0.1, 0.15) is 161 Å². The van der Waals surface area contributed by atoms with Crippen LogP contribution in [-0.2, 0) is 11.2 Å². The normalized spacial score (nSPS) is 13.6. The molecule has 0 bridgehead atoms. The van der Waals surface area contributed by atoms with E-state index in [-0.39, 0.29) is 7.43 Å². The van der Waals surface area contributed by atoms with Gasteiger partial charge >= 0.3 is 0 Å². The van der Waals surface area contributed by atoms with E-state index in [9.17, 15) is 4.79 Å². The number of hydrogen-bond acceptors (Lipinski definition) is 3. The molecule has 56 heavy (non-hydrogen) atoms. The molecule has 2 N–H and O–H groups in total. The summed E-state index contributed by atoms with van der Waals surface area (Å²) < 4.78 is 0. The maximum Gasteiger partial charge on any atom is 0.120 e. The Kier molecular flexibility index (Phi) is 73.8. The fourth-order valence-electron chi connectivity index (χ4n) is 4.34. The molecule has 3 heteroatoms. The summed E-state index contributed by atoms with van der Waals surface area (Å²) in [6.07, 6.45) is 13.6. The molecule has 4 rings (SSSR count). The smallest absolute Gasteiger partial charge is 0.120 e. The summed E-state index contributed by atoms with van der Waals surface area (Å²) in [6.45, 7) is 51.6. The summed E-state index contributed by atoms with van der Waals surface area (Å²) in [5.41, 5.74) is 6.27. The van der Waals surface area contributed by atoms with Gasteiger partial charge in [-0.25, -0.2) is 0 Å². The monoisotopic (exact) mass is 783 g/mol. The average molecular weight is 783 g/mol. The summed E-state index contributed by atoms with van der Waals surface area (Å²) in [5.74, 6) is 4.58. The van der Waals surface area contributed by atoms with Gasteiger partial charge in [0.1, 0.15) is 6.29 Å². The van der Waals surface area contributed by atoms with E-state index in [1.54, 1.807) is 6.08 Å². The topological polar surface area (TPSA) is 41.1 Å². The minimum absolute atomic E-state index is 0. The first-order chi connectivity index (χ1) is 26.3. The fraction of sp³-hybridized carbons (Fsp3) is 0.604. The van der Waals surface area contributed by atoms with Gasteiger partial charge in [-0.2, -0.15) is 0 Å². The molecule has 330 valence electrons. The van der Waals surface area contributed by atoms with E-state index in [4.69, 9.17) is 0 Å². The zero-order valence-electron chi connectivity index (χ0n) is 40.7. The van der Waals surface area contributed by atoms with Gasteiger partial charge in [-0.3, -0.25) is 0 Å². The van der Waals surface area contributed by atoms with Crippen molar-refractivity contribution in [1.29, 1.82) is 0 Å². The van der Waals surface area contributed by atoms with Gasteiger partial charge in [0.15, 0.2) is 0 Å². The molecule has 0 amide bonds. The molecule has 3 nitrogen and oxygen atoms in total. The first-order valence-corrected chi connectivity index (χ1v) is 21.7. The summed E-state index contributed by atoms with van der Waals surface area (Å²) in [4.78, 5) is 10.1. The van der Waals surface area contributed by atoms with Crippen LogP contribution in [-0.4, -0.2) is 26.4 Å². The minimum Gasteiger partial charge on any atom is -0.388 e. The van der Waals surface area contributed by atoms with E-state index in [1.807, 2.05) is 88.4 Å². The van der Waals surface area contributed by atoms with Crippen LogP contribution in [0.3, 0.4) is 0 Å². The fourth-order valence-corrected chi connectivity index (χ4v) is 4.34. The Morgan fingerprint density at radius 1 is 0.804 bits per heavy atom. The number of aryl methyl sites for hydroxylation is 3. The zero-order chi connectivity index (χ0) is 44.6. The van der Waals surface area contributed by atoms with Crippen molar-refractivity contribution in [3.05, 3.63) is 115 Å². The van der Waals surface area contributed by atoms with Crippen LogP contribution in [0, 0.1) is 43.4 Å². The molecule has 1 saturated carbocycles. The van der Waals surface area contributed by atoms with Crippen LogP contribution >= 0.6 is 0 Å². The number of carbonyl (C=O) groups is 1. The van der Waals surface area contributed by atoms with E-state index in [2.05, 4.69) is 147 Å². The molecule has 2 aliphatic carbocycles. The summed E-state index contributed by atoms with van der Waals surface area (Å²) >= 11 is 0. The van der Waals surface area contributed by atoms with Crippen molar-refractivity contribution in [2.75, 3.05) is 25.5 Å². The van der Waals surface area contributed by atoms with Crippen molar-refractivity contribution in [2.24, 2.45) is 29.6 Å². The number of rotatable bonds is 9. The standard InChI is InChI=1S/C10H12O.C8H11N.C8H19N.C7H10.C6H10.C3H8.4C2H6.C2H4.CH4/c1-9-4-2-5-10(8-9)6-3-7-11;1-7-3-5-8(9-2)6-4-7;1-7(2)5-9-6-8(3)4;1-5-4-6-2-3-7(5)6;1-4-5-6(2)3;1-3-2;5*1-2;/h2,4-5,7-8H,3,6H2,1H3;3-6,9H,1-2H3;7-9H,5-6H2,1-4H3;2-3,5-7H,4H2,1H3;4-5H,1H2,2-3H3;3H2,1-2H3;4*1-2H3;1-2H2;1H4. The first kappa shape index (κ1) is 70.6. The quantitative estimate of drug-likeness (QED) is 0.151. The van der Waals surface area contributed by atoms with Crippen LogP contribution in [0.5, 0.6) is 0 Å². The highest BCUT2D eigenvalue weighted by Gasteiger charge is 2.39. The second-order valence-corrected chi connectivity index (χ2v) is 13.3. The maximum atomic E-state index is 10.1. The molecule has 0 aromatic heterocycles. The van der Waals surface area contributed by atoms with Crippen molar-refractivity contribution in [1.82, 2.24) is 5.32 Å². The van der Waals surface area contributed by atoms with Gasteiger partial charge in [-0.15, -0.1) is 13.2 Å². The Labute approximate surface area is 355 Å². The Bertz CT molecular complexity index is 1050. The van der Waals surface area contributed by atoms with Crippen LogP contribution in [0.4, 0.5) is 5.69 Å². The highest BCUT2D eigenvalue weighted by molar-refractivity contribution is 5.50. The van der Waals surface area contributed by atoms with Crippen molar-refractivity contribution >= 4 is 12.0 Å². The molecule has 3 atom stereocenters. The predicted molar refractivity (Wildman–Crippen MR) is 268 cm³/mol. The lowest BCUT2D eigenvalue weighted by atomic mass is 9.59. The van der Waals surface area contributed by atoms with Crippen molar-refractivity contribution in [3.63, 3.8) is 0 Å². The molecule has 0 heterocycles. The molecule has 0 spiro atoms. The number of benzene rings is 2. The molecular weight excluding hydrogens is 681 g/mol. The zero-order valence-corrected chi connectivity index (χ0v) is 40.7. The van der Waals surface area contributed by atoms with Crippen molar-refractivity contribution < 1.29 is 4.79 Å². The van der Waals surface area contributed by atoms with Gasteiger partial charge in [-0.1, -0.05) is 202 Å². The lowest BCUT2D eigenvalue weighted by Crippen LogP contribution is -2.37. The Balaban J connectivity index is -0.0000000800. The number of allylic oxidation sites excluding steroid dienone is 5. The molecule has 2 aromatic carbocycles. The van der Waals surface area contributed by atoms with Crippen molar-refractivity contribution in [2.45, 2.75) is 165 Å². The molecular formula is C53H102N2O. The van der Waals surface area contributed by atoms with Gasteiger partial charge in [0.2, 0.25) is 0 Å². The Morgan fingerprint density at radius 2 is 1.27 bits per heavy atom. The molecule has 0 aliphatic heterocycles. The third-order valence-corrected chi connectivity index (χ3v) is 6.91. The number of anilines is 1. The maximum absolute atomic E-state index is 10.1. The van der Waals surface area contributed by atoms with Gasteiger partial charge in [0, 0.05) is 19.2 Å². The molecule has 0 saturated heterocycles. The van der Waals surface area contributed by atoms with Gasteiger partial charge < -0.3 is 15.4 Å².